The summed E-state index contributed by atoms with van der Waals surface area (Å²) in [5, 5.41) is 3.00. The van der Waals surface area contributed by atoms with E-state index in [4.69, 9.17) is 4.74 Å². The van der Waals surface area contributed by atoms with Crippen LogP contribution in [0.25, 0.3) is 0 Å². The lowest BCUT2D eigenvalue weighted by Crippen LogP contribution is -2.49. The predicted octanol–water partition coefficient (Wildman–Crippen LogP) is 2.33. The molecule has 1 aromatic carbocycles. The molecule has 0 bridgehead atoms. The molecule has 6 heteroatoms. The number of hydrogen-bond acceptors (Lipinski definition) is 3. The van der Waals surface area contributed by atoms with Gasteiger partial charge in [-0.2, -0.15) is 0 Å². The molecule has 1 aromatic rings. The van der Waals surface area contributed by atoms with Gasteiger partial charge in [-0.15, -0.1) is 0 Å². The van der Waals surface area contributed by atoms with Gasteiger partial charge in [-0.1, -0.05) is 6.07 Å². The lowest BCUT2D eigenvalue weighted by Gasteiger charge is -2.37. The molecule has 2 fully saturated rings. The molecule has 1 saturated carbocycles. The lowest BCUT2D eigenvalue weighted by atomic mass is 9.77. The van der Waals surface area contributed by atoms with Gasteiger partial charge in [0.1, 0.15) is 0 Å². The van der Waals surface area contributed by atoms with Gasteiger partial charge >= 0.3 is 0 Å². The van der Waals surface area contributed by atoms with Gasteiger partial charge in [-0.3, -0.25) is 9.69 Å². The lowest BCUT2D eigenvalue weighted by molar-refractivity contribution is -0.121. The third-order valence-electron chi connectivity index (χ3n) is 5.27. The number of ether oxygens (including phenoxy) is 1. The van der Waals surface area contributed by atoms with E-state index in [0.717, 1.165) is 31.5 Å². The fourth-order valence-corrected chi connectivity index (χ4v) is 4.21. The molecule has 1 aliphatic carbocycles. The number of rotatable bonds is 4. The minimum Gasteiger partial charge on any atom is -0.379 e. The Morgan fingerprint density at radius 2 is 1.96 bits per heavy atom. The number of hydrogen-bond donors (Lipinski definition) is 1. The highest BCUT2D eigenvalue weighted by Crippen LogP contribution is 2.38. The smallest absolute Gasteiger partial charge is 0.217 e. The van der Waals surface area contributed by atoms with Crippen LogP contribution >= 0.6 is 0 Å². The number of methoxy groups -OCH3 is 1. The number of carbonyl (C=O) groups excluding carboxylic acids is 1. The Balaban J connectivity index is 1.63. The van der Waals surface area contributed by atoms with Crippen LogP contribution in [0.3, 0.4) is 0 Å². The van der Waals surface area contributed by atoms with E-state index in [-0.39, 0.29) is 18.1 Å². The number of carbonyl (C=O) groups is 1. The molecule has 0 unspecified atom stereocenters. The number of amides is 1. The second-order valence-corrected chi connectivity index (χ2v) is 7.02. The summed E-state index contributed by atoms with van der Waals surface area (Å²) >= 11 is 0. The van der Waals surface area contributed by atoms with Gasteiger partial charge in [0.05, 0.1) is 12.1 Å². The van der Waals surface area contributed by atoms with E-state index in [1.165, 1.54) is 19.1 Å². The number of nitrogens with zero attached hydrogens (tertiary/aromatic N) is 1. The van der Waals surface area contributed by atoms with Crippen LogP contribution in [0.15, 0.2) is 18.2 Å². The fraction of sp³-hybridized carbons (Fsp3) is 0.611. The van der Waals surface area contributed by atoms with Crippen molar-refractivity contribution in [3.8, 4) is 0 Å². The summed E-state index contributed by atoms with van der Waals surface area (Å²) in [6, 6.07) is 4.15. The van der Waals surface area contributed by atoms with Crippen molar-refractivity contribution in [1.29, 1.82) is 0 Å². The first kappa shape index (κ1) is 17.3. The Hall–Kier alpha value is -1.53. The van der Waals surface area contributed by atoms with E-state index >= 15 is 0 Å². The van der Waals surface area contributed by atoms with Crippen molar-refractivity contribution < 1.29 is 18.3 Å². The van der Waals surface area contributed by atoms with Crippen molar-refractivity contribution in [1.82, 2.24) is 10.2 Å². The van der Waals surface area contributed by atoms with Crippen LogP contribution in [0.2, 0.25) is 0 Å². The summed E-state index contributed by atoms with van der Waals surface area (Å²) in [5.74, 6) is -0.620. The molecule has 1 amide bonds. The molecule has 4 nitrogen and oxygen atoms in total. The maximum absolute atomic E-state index is 13.4. The average Bonchev–Trinajstić information content (AvgIpc) is 2.90. The van der Waals surface area contributed by atoms with Crippen molar-refractivity contribution in [3.63, 3.8) is 0 Å². The van der Waals surface area contributed by atoms with E-state index in [2.05, 4.69) is 10.2 Å². The molecule has 1 heterocycles. The van der Waals surface area contributed by atoms with Crippen LogP contribution < -0.4 is 5.32 Å². The zero-order chi connectivity index (χ0) is 17.3. The molecular formula is C18H24F2N2O2. The fourth-order valence-electron chi connectivity index (χ4n) is 4.21. The highest BCUT2D eigenvalue weighted by atomic mass is 19.2. The monoisotopic (exact) mass is 338 g/mol. The van der Waals surface area contributed by atoms with Gasteiger partial charge in [0, 0.05) is 33.7 Å². The minimum atomic E-state index is -0.810. The largest absolute Gasteiger partial charge is 0.379 e. The number of halogens is 2. The summed E-state index contributed by atoms with van der Waals surface area (Å²) in [6.07, 6.45) is 1.86. The molecule has 0 spiro atoms. The Morgan fingerprint density at radius 1 is 1.25 bits per heavy atom. The number of likely N-dealkylation sites (tertiary alicyclic amines) is 1. The van der Waals surface area contributed by atoms with E-state index in [9.17, 15) is 13.6 Å². The van der Waals surface area contributed by atoms with Crippen molar-refractivity contribution in [2.24, 2.45) is 11.8 Å². The van der Waals surface area contributed by atoms with Crippen molar-refractivity contribution in [3.05, 3.63) is 35.4 Å². The first-order valence-corrected chi connectivity index (χ1v) is 8.42. The van der Waals surface area contributed by atoms with Crippen LogP contribution in [0.5, 0.6) is 0 Å². The molecule has 4 atom stereocenters. The highest BCUT2D eigenvalue weighted by molar-refractivity contribution is 5.73. The molecule has 24 heavy (non-hydrogen) atoms. The number of benzene rings is 1. The van der Waals surface area contributed by atoms with Crippen molar-refractivity contribution in [2.45, 2.75) is 38.5 Å². The molecule has 1 N–H and O–H groups in total. The maximum atomic E-state index is 13.4. The summed E-state index contributed by atoms with van der Waals surface area (Å²) in [4.78, 5) is 13.7. The Kier molecular flexibility index (Phi) is 5.15. The minimum absolute atomic E-state index is 0.0304. The molecule has 2 aliphatic rings. The van der Waals surface area contributed by atoms with Crippen molar-refractivity contribution >= 4 is 5.91 Å². The van der Waals surface area contributed by atoms with Crippen LogP contribution in [0.4, 0.5) is 8.78 Å². The quantitative estimate of drug-likeness (QED) is 0.916. The molecule has 1 aliphatic heterocycles. The van der Waals surface area contributed by atoms with Crippen LogP contribution in [-0.4, -0.2) is 43.2 Å². The molecule has 132 valence electrons. The zero-order valence-electron chi connectivity index (χ0n) is 14.1. The second-order valence-electron chi connectivity index (χ2n) is 7.02. The van der Waals surface area contributed by atoms with Crippen LogP contribution in [0, 0.1) is 23.5 Å². The van der Waals surface area contributed by atoms with Crippen LogP contribution in [-0.2, 0) is 16.1 Å². The molecule has 0 aromatic heterocycles. The topological polar surface area (TPSA) is 41.6 Å². The van der Waals surface area contributed by atoms with Gasteiger partial charge in [0.15, 0.2) is 11.6 Å². The van der Waals surface area contributed by atoms with Crippen molar-refractivity contribution in [2.75, 3.05) is 20.2 Å². The third kappa shape index (κ3) is 3.75. The Labute approximate surface area is 141 Å². The van der Waals surface area contributed by atoms with Gasteiger partial charge in [0.2, 0.25) is 5.91 Å². The van der Waals surface area contributed by atoms with Crippen LogP contribution in [0.1, 0.15) is 25.3 Å². The molecule has 0 radical (unpaired) electrons. The summed E-state index contributed by atoms with van der Waals surface area (Å²) in [5.41, 5.74) is 0.786. The second kappa shape index (κ2) is 7.15. The first-order chi connectivity index (χ1) is 11.5. The normalized spacial score (nSPS) is 30.2. The average molecular weight is 338 g/mol. The Bertz CT molecular complexity index is 611. The first-order valence-electron chi connectivity index (χ1n) is 8.42. The van der Waals surface area contributed by atoms with Gasteiger partial charge in [-0.25, -0.2) is 8.78 Å². The van der Waals surface area contributed by atoms with E-state index in [0.29, 0.717) is 18.4 Å². The SMILES string of the molecule is CO[C@@H]1C[C@H]2CN(Cc3ccc(F)c(F)c3)C[C@H]2C[C@H]1NC(C)=O. The third-order valence-corrected chi connectivity index (χ3v) is 5.27. The standard InChI is InChI=1S/C18H24F2N2O2/c1-11(23)21-17-6-13-9-22(10-14(13)7-18(17)24-2)8-12-3-4-15(19)16(20)5-12/h3-5,13-14,17-18H,6-10H2,1-2H3,(H,21,23)/t13-,14+,17-,18-/m1/s1. The highest BCUT2D eigenvalue weighted by Gasteiger charge is 2.42. The molecule has 1 saturated heterocycles. The van der Waals surface area contributed by atoms with E-state index < -0.39 is 11.6 Å². The van der Waals surface area contributed by atoms with E-state index in [1.807, 2.05) is 0 Å². The molecular weight excluding hydrogens is 314 g/mol. The van der Waals surface area contributed by atoms with Gasteiger partial charge < -0.3 is 10.1 Å². The summed E-state index contributed by atoms with van der Waals surface area (Å²) in [6.45, 7) is 3.99. The van der Waals surface area contributed by atoms with E-state index in [1.54, 1.807) is 13.2 Å². The number of nitrogens with one attached hydrogen (secondary N) is 1. The van der Waals surface area contributed by atoms with Gasteiger partial charge in [0.25, 0.3) is 0 Å². The molecule has 3 rings (SSSR count). The predicted molar refractivity (Wildman–Crippen MR) is 86.3 cm³/mol. The summed E-state index contributed by atoms with van der Waals surface area (Å²) in [7, 11) is 1.69. The van der Waals surface area contributed by atoms with Gasteiger partial charge in [-0.05, 0) is 42.4 Å². The Morgan fingerprint density at radius 3 is 2.58 bits per heavy atom. The zero-order valence-corrected chi connectivity index (χ0v) is 14.1. The summed E-state index contributed by atoms with van der Waals surface area (Å²) < 4.78 is 32.0. The maximum Gasteiger partial charge on any atom is 0.217 e. The number of fused-ring (bicyclic) bond motifs is 1.